The van der Waals surface area contributed by atoms with Gasteiger partial charge in [0.15, 0.2) is 6.67 Å². The van der Waals surface area contributed by atoms with Crippen molar-refractivity contribution in [3.05, 3.63) is 139 Å². The van der Waals surface area contributed by atoms with E-state index in [1.165, 1.54) is 16.8 Å². The zero-order valence-electron chi connectivity index (χ0n) is 23.6. The number of quaternary nitrogens is 2. The van der Waals surface area contributed by atoms with Gasteiger partial charge in [-0.25, -0.2) is 4.98 Å². The Hall–Kier alpha value is -4.53. The number of rotatable bonds is 5. The molecule has 0 N–H and O–H groups in total. The number of pyridine rings is 1. The van der Waals surface area contributed by atoms with E-state index in [1.54, 1.807) is 6.20 Å². The van der Waals surface area contributed by atoms with E-state index in [1.807, 2.05) is 60.7 Å². The summed E-state index contributed by atoms with van der Waals surface area (Å²) in [5, 5.41) is 11.5. The van der Waals surface area contributed by atoms with Crippen LogP contribution in [0.25, 0.3) is 27.6 Å². The number of nitrogens with zero attached hydrogens (tertiary/aromatic N) is 5. The van der Waals surface area contributed by atoms with Gasteiger partial charge in [-0.1, -0.05) is 35.8 Å². The number of hydrogen-bond acceptors (Lipinski definition) is 3. The van der Waals surface area contributed by atoms with Gasteiger partial charge in [0.25, 0.3) is 0 Å². The molecule has 7 heteroatoms. The molecule has 1 fully saturated rings. The molecular formula is C36H26N5OPt-. The van der Waals surface area contributed by atoms with E-state index in [-0.39, 0.29) is 21.1 Å². The molecule has 9 rings (SSSR count). The van der Waals surface area contributed by atoms with Crippen LogP contribution < -0.4 is 13.7 Å². The molecule has 0 amide bonds. The molecule has 212 valence electrons. The van der Waals surface area contributed by atoms with Gasteiger partial charge in [-0.3, -0.25) is 4.48 Å². The number of ether oxygens (including phenoxy) is 1. The van der Waals surface area contributed by atoms with Gasteiger partial charge in [0.2, 0.25) is 0 Å². The number of aryl methyl sites for hydroxylation is 2. The van der Waals surface area contributed by atoms with Crippen LogP contribution in [0.5, 0.6) is 11.5 Å². The first kappa shape index (κ1) is 27.3. The monoisotopic (exact) mass is 739 g/mol. The van der Waals surface area contributed by atoms with Crippen molar-refractivity contribution in [2.24, 2.45) is 0 Å². The Kier molecular flexibility index (Phi) is 6.37. The molecule has 0 unspecified atom stereocenters. The van der Waals surface area contributed by atoms with E-state index < -0.39 is 0 Å². The Balaban J connectivity index is 0.00000300. The average molecular weight is 740 g/mol. The van der Waals surface area contributed by atoms with Crippen molar-refractivity contribution in [1.29, 1.82) is 5.26 Å². The SMILES string of the molecule is Cc1cccc(C)c1[N@+]12C=C[N@+](c3[c-]c(Oc4[c-]c5c(cc4)c4cc(C#N)ccc4n5-c4ccccn4)ccc3)([CH-]1)C2.[Pt]. The fourth-order valence-electron chi connectivity index (χ4n) is 6.66. The fourth-order valence-corrected chi connectivity index (χ4v) is 6.66. The van der Waals surface area contributed by atoms with Gasteiger partial charge in [0.1, 0.15) is 23.9 Å². The van der Waals surface area contributed by atoms with Crippen LogP contribution in [-0.2, 0) is 21.1 Å². The standard InChI is InChI=1S/C36H26N5O.Pt/c1-25-7-5-8-26(2)36(25)41-18-17-40(23-41,24-41)28-9-6-10-29(20-28)42-30-13-14-31-32-19-27(22-37)12-15-33(32)39(34(31)21-30)35-11-3-4-16-38-35;/h3-19,23H,24H2,1-2H3;/q-1;/t40-,41+;/m0./s1. The fraction of sp³-hybridized carbons (Fsp3) is 0.0833. The van der Waals surface area contributed by atoms with Crippen LogP contribution in [0.1, 0.15) is 16.7 Å². The summed E-state index contributed by atoms with van der Waals surface area (Å²) < 4.78 is 9.81. The predicted molar refractivity (Wildman–Crippen MR) is 165 cm³/mol. The van der Waals surface area contributed by atoms with Gasteiger partial charge < -0.3 is 13.8 Å². The number of para-hydroxylation sites is 1. The van der Waals surface area contributed by atoms with Crippen molar-refractivity contribution in [2.45, 2.75) is 13.8 Å². The van der Waals surface area contributed by atoms with Gasteiger partial charge >= 0.3 is 0 Å². The normalized spacial score (nSPS) is 20.0. The van der Waals surface area contributed by atoms with Crippen molar-refractivity contribution < 1.29 is 25.8 Å². The topological polar surface area (TPSA) is 50.8 Å². The number of hydrogen-bond donors (Lipinski definition) is 0. The van der Waals surface area contributed by atoms with Crippen LogP contribution in [0.4, 0.5) is 11.4 Å². The molecule has 0 aliphatic carbocycles. The van der Waals surface area contributed by atoms with Crippen molar-refractivity contribution in [3.63, 3.8) is 0 Å². The van der Waals surface area contributed by atoms with Crippen LogP contribution in [-0.4, -0.2) is 16.2 Å². The quantitative estimate of drug-likeness (QED) is 0.133. The van der Waals surface area contributed by atoms with E-state index in [9.17, 15) is 5.26 Å². The molecule has 6 aromatic rings. The largest absolute Gasteiger partial charge is 0.509 e. The average Bonchev–Trinajstić information content (AvgIpc) is 3.66. The van der Waals surface area contributed by atoms with Gasteiger partial charge in [-0.2, -0.15) is 17.4 Å². The summed E-state index contributed by atoms with van der Waals surface area (Å²) in [6.45, 7) is 7.61. The van der Waals surface area contributed by atoms with Crippen molar-refractivity contribution in [1.82, 2.24) is 18.5 Å². The third kappa shape index (κ3) is 4.16. The third-order valence-corrected chi connectivity index (χ3v) is 8.41. The Labute approximate surface area is 264 Å². The second kappa shape index (κ2) is 10.0. The molecule has 0 saturated carbocycles. The summed E-state index contributed by atoms with van der Waals surface area (Å²) in [6.07, 6.45) is 6.31. The second-order valence-corrected chi connectivity index (χ2v) is 11.1. The number of benzene rings is 4. The zero-order valence-corrected chi connectivity index (χ0v) is 25.8. The molecule has 43 heavy (non-hydrogen) atoms. The predicted octanol–water partition coefficient (Wildman–Crippen LogP) is 7.95. The zero-order chi connectivity index (χ0) is 28.5. The minimum Gasteiger partial charge on any atom is -0.509 e. The van der Waals surface area contributed by atoms with Crippen LogP contribution in [0.3, 0.4) is 0 Å². The Morgan fingerprint density at radius 2 is 1.63 bits per heavy atom. The first-order chi connectivity index (χ1) is 20.5. The summed E-state index contributed by atoms with van der Waals surface area (Å²) in [5.41, 5.74) is 7.39. The minimum atomic E-state index is 0. The number of nitriles is 1. The van der Waals surface area contributed by atoms with E-state index in [4.69, 9.17) is 4.74 Å². The molecule has 1 saturated heterocycles. The van der Waals surface area contributed by atoms with Gasteiger partial charge in [0.05, 0.1) is 18.3 Å². The number of fused-ring (bicyclic) bond motifs is 3. The first-order valence-electron chi connectivity index (χ1n) is 13.9. The molecule has 4 aromatic carbocycles. The smallest absolute Gasteiger partial charge is 0.183 e. The second-order valence-electron chi connectivity index (χ2n) is 11.1. The van der Waals surface area contributed by atoms with E-state index in [0.717, 1.165) is 44.5 Å². The molecule has 0 radical (unpaired) electrons. The molecule has 3 aliphatic heterocycles. The maximum Gasteiger partial charge on any atom is 0.183 e. The van der Waals surface area contributed by atoms with E-state index >= 15 is 0 Å². The summed E-state index contributed by atoms with van der Waals surface area (Å²) in [4.78, 5) is 4.60. The Bertz CT molecular complexity index is 2100. The molecule has 2 bridgehead atoms. The van der Waals surface area contributed by atoms with E-state index in [2.05, 4.69) is 84.9 Å². The summed E-state index contributed by atoms with van der Waals surface area (Å²) in [5.74, 6) is 2.00. The van der Waals surface area contributed by atoms with Crippen LogP contribution in [0.15, 0.2) is 104 Å². The van der Waals surface area contributed by atoms with Crippen molar-refractivity contribution in [2.75, 3.05) is 6.67 Å². The summed E-state index contributed by atoms with van der Waals surface area (Å²) in [7, 11) is 0. The van der Waals surface area contributed by atoms with Gasteiger partial charge in [-0.15, -0.1) is 29.7 Å². The van der Waals surface area contributed by atoms with Crippen molar-refractivity contribution >= 4 is 33.2 Å². The number of aromatic nitrogens is 2. The van der Waals surface area contributed by atoms with E-state index in [0.29, 0.717) is 21.5 Å². The van der Waals surface area contributed by atoms with Crippen LogP contribution in [0, 0.1) is 44.0 Å². The Morgan fingerprint density at radius 1 is 0.860 bits per heavy atom. The Morgan fingerprint density at radius 3 is 2.40 bits per heavy atom. The third-order valence-electron chi connectivity index (χ3n) is 8.41. The molecular weight excluding hydrogens is 714 g/mol. The molecule has 5 heterocycles. The van der Waals surface area contributed by atoms with Crippen LogP contribution in [0.2, 0.25) is 0 Å². The molecule has 2 atom stereocenters. The van der Waals surface area contributed by atoms with Gasteiger partial charge in [-0.05, 0) is 49.6 Å². The molecule has 6 nitrogen and oxygen atoms in total. The first-order valence-corrected chi connectivity index (χ1v) is 13.9. The molecule has 3 aliphatic rings. The van der Waals surface area contributed by atoms with Crippen LogP contribution >= 0.6 is 0 Å². The van der Waals surface area contributed by atoms with Crippen molar-refractivity contribution in [3.8, 4) is 23.4 Å². The maximum absolute atomic E-state index is 9.51. The summed E-state index contributed by atoms with van der Waals surface area (Å²) >= 11 is 0. The molecule has 2 aromatic heterocycles. The van der Waals surface area contributed by atoms with Gasteiger partial charge in [0, 0.05) is 61.1 Å². The maximum atomic E-state index is 9.51. The molecule has 0 spiro atoms. The minimum absolute atomic E-state index is 0. The summed E-state index contributed by atoms with van der Waals surface area (Å²) in [6, 6.07) is 37.3.